The molecule has 0 saturated heterocycles. The molecule has 0 aliphatic rings. The van der Waals surface area contributed by atoms with Gasteiger partial charge in [0.05, 0.1) is 13.1 Å². The van der Waals surface area contributed by atoms with Gasteiger partial charge in [0.25, 0.3) is 5.91 Å². The SMILES string of the molecule is Cc1cc(NC(=O)c2cc(Br)sc2Br)c(C)cc1N. The zero-order valence-electron chi connectivity index (χ0n) is 10.4. The molecular weight excluding hydrogens is 392 g/mol. The number of hydrogen-bond donors (Lipinski definition) is 2. The van der Waals surface area contributed by atoms with Crippen molar-refractivity contribution < 1.29 is 4.79 Å². The fraction of sp³-hybridized carbons (Fsp3) is 0.154. The summed E-state index contributed by atoms with van der Waals surface area (Å²) in [7, 11) is 0. The number of anilines is 2. The maximum atomic E-state index is 12.2. The van der Waals surface area contributed by atoms with Crippen LogP contribution in [0.25, 0.3) is 0 Å². The zero-order valence-corrected chi connectivity index (χ0v) is 14.4. The minimum atomic E-state index is -0.138. The largest absolute Gasteiger partial charge is 0.399 e. The molecule has 19 heavy (non-hydrogen) atoms. The Labute approximate surface area is 132 Å². The van der Waals surface area contributed by atoms with Gasteiger partial charge >= 0.3 is 0 Å². The van der Waals surface area contributed by atoms with Gasteiger partial charge in [-0.1, -0.05) is 0 Å². The second kappa shape index (κ2) is 5.64. The summed E-state index contributed by atoms with van der Waals surface area (Å²) in [4.78, 5) is 12.2. The molecule has 0 atom stereocenters. The van der Waals surface area contributed by atoms with Crippen molar-refractivity contribution in [2.45, 2.75) is 13.8 Å². The highest BCUT2D eigenvalue weighted by atomic mass is 79.9. The molecule has 1 aromatic heterocycles. The summed E-state index contributed by atoms with van der Waals surface area (Å²) in [5.74, 6) is -0.138. The Morgan fingerprint density at radius 1 is 1.21 bits per heavy atom. The zero-order chi connectivity index (χ0) is 14.2. The van der Waals surface area contributed by atoms with Crippen LogP contribution >= 0.6 is 43.2 Å². The van der Waals surface area contributed by atoms with E-state index in [4.69, 9.17) is 5.73 Å². The van der Waals surface area contributed by atoms with Crippen LogP contribution in [-0.4, -0.2) is 5.91 Å². The van der Waals surface area contributed by atoms with E-state index in [-0.39, 0.29) is 5.91 Å². The molecule has 0 aliphatic carbocycles. The highest BCUT2D eigenvalue weighted by Crippen LogP contribution is 2.32. The van der Waals surface area contributed by atoms with E-state index in [0.29, 0.717) is 5.56 Å². The topological polar surface area (TPSA) is 55.1 Å². The highest BCUT2D eigenvalue weighted by molar-refractivity contribution is 9.12. The number of nitrogen functional groups attached to an aromatic ring is 1. The van der Waals surface area contributed by atoms with Gasteiger partial charge in [-0.2, -0.15) is 0 Å². The molecular formula is C13H12Br2N2OS. The van der Waals surface area contributed by atoms with Gasteiger partial charge in [0.1, 0.15) is 0 Å². The predicted molar refractivity (Wildman–Crippen MR) is 88.0 cm³/mol. The number of aryl methyl sites for hydroxylation is 2. The first kappa shape index (κ1) is 14.6. The molecule has 2 rings (SSSR count). The number of benzene rings is 1. The molecule has 0 spiro atoms. The molecule has 1 aromatic carbocycles. The molecule has 1 heterocycles. The summed E-state index contributed by atoms with van der Waals surface area (Å²) in [6, 6.07) is 5.55. The van der Waals surface area contributed by atoms with Gasteiger partial charge in [0, 0.05) is 11.4 Å². The maximum Gasteiger partial charge on any atom is 0.257 e. The van der Waals surface area contributed by atoms with Gasteiger partial charge in [0.15, 0.2) is 0 Å². The Balaban J connectivity index is 2.29. The van der Waals surface area contributed by atoms with Crippen molar-refractivity contribution in [2.24, 2.45) is 0 Å². The Kier molecular flexibility index (Phi) is 4.32. The fourth-order valence-electron chi connectivity index (χ4n) is 1.66. The van der Waals surface area contributed by atoms with E-state index in [1.54, 1.807) is 6.07 Å². The molecule has 100 valence electrons. The summed E-state index contributed by atoms with van der Waals surface area (Å²) in [6.07, 6.45) is 0. The second-order valence-corrected chi connectivity index (χ2v) is 7.97. The van der Waals surface area contributed by atoms with Crippen molar-refractivity contribution >= 4 is 60.5 Å². The van der Waals surface area contributed by atoms with Crippen LogP contribution in [0, 0.1) is 13.8 Å². The third-order valence-electron chi connectivity index (χ3n) is 2.76. The van der Waals surface area contributed by atoms with Gasteiger partial charge in [-0.3, -0.25) is 4.79 Å². The van der Waals surface area contributed by atoms with Gasteiger partial charge in [-0.05, 0) is 75.0 Å². The van der Waals surface area contributed by atoms with Gasteiger partial charge in [0.2, 0.25) is 0 Å². The Morgan fingerprint density at radius 2 is 1.89 bits per heavy atom. The summed E-state index contributed by atoms with van der Waals surface area (Å²) < 4.78 is 1.72. The third-order valence-corrected chi connectivity index (χ3v) is 5.10. The first-order valence-corrected chi connectivity index (χ1v) is 7.91. The molecule has 1 amide bonds. The van der Waals surface area contributed by atoms with Crippen molar-refractivity contribution in [1.29, 1.82) is 0 Å². The molecule has 0 fully saturated rings. The molecule has 3 nitrogen and oxygen atoms in total. The lowest BCUT2D eigenvalue weighted by molar-refractivity contribution is 0.102. The number of halogens is 2. The minimum Gasteiger partial charge on any atom is -0.399 e. The summed E-state index contributed by atoms with van der Waals surface area (Å²) >= 11 is 8.22. The molecule has 0 unspecified atom stereocenters. The third kappa shape index (κ3) is 3.19. The van der Waals surface area contributed by atoms with Crippen LogP contribution in [0.1, 0.15) is 21.5 Å². The van der Waals surface area contributed by atoms with Crippen molar-refractivity contribution in [3.8, 4) is 0 Å². The van der Waals surface area contributed by atoms with E-state index in [0.717, 1.165) is 30.1 Å². The van der Waals surface area contributed by atoms with E-state index in [1.165, 1.54) is 11.3 Å². The van der Waals surface area contributed by atoms with E-state index < -0.39 is 0 Å². The first-order valence-electron chi connectivity index (χ1n) is 5.51. The number of hydrogen-bond acceptors (Lipinski definition) is 3. The smallest absolute Gasteiger partial charge is 0.257 e. The van der Waals surface area contributed by atoms with Crippen molar-refractivity contribution in [3.63, 3.8) is 0 Å². The monoisotopic (exact) mass is 402 g/mol. The number of thiophene rings is 1. The van der Waals surface area contributed by atoms with E-state index in [2.05, 4.69) is 37.2 Å². The van der Waals surface area contributed by atoms with Crippen LogP contribution in [0.4, 0.5) is 11.4 Å². The molecule has 0 aliphatic heterocycles. The molecule has 2 aromatic rings. The molecule has 3 N–H and O–H groups in total. The minimum absolute atomic E-state index is 0.138. The van der Waals surface area contributed by atoms with Crippen molar-refractivity contribution in [2.75, 3.05) is 11.1 Å². The maximum absolute atomic E-state index is 12.2. The summed E-state index contributed by atoms with van der Waals surface area (Å²) in [5, 5.41) is 2.91. The number of rotatable bonds is 2. The number of nitrogens with one attached hydrogen (secondary N) is 1. The molecule has 6 heteroatoms. The standard InChI is InChI=1S/C13H12Br2N2OS/c1-6-4-10(7(2)3-9(6)16)17-13(18)8-5-11(14)19-12(8)15/h3-5H,16H2,1-2H3,(H,17,18). The summed E-state index contributed by atoms with van der Waals surface area (Å²) in [5.41, 5.74) is 9.86. The second-order valence-electron chi connectivity index (χ2n) is 4.22. The predicted octanol–water partition coefficient (Wildman–Crippen LogP) is 4.72. The lowest BCUT2D eigenvalue weighted by Gasteiger charge is -2.11. The fourth-order valence-corrected chi connectivity index (χ4v) is 4.45. The Morgan fingerprint density at radius 3 is 2.47 bits per heavy atom. The van der Waals surface area contributed by atoms with Crippen LogP contribution in [0.5, 0.6) is 0 Å². The number of carbonyl (C=O) groups is 1. The van der Waals surface area contributed by atoms with E-state index in [1.807, 2.05) is 26.0 Å². The Hall–Kier alpha value is -0.850. The average Bonchev–Trinajstić information content (AvgIpc) is 2.65. The first-order chi connectivity index (χ1) is 8.88. The average molecular weight is 404 g/mol. The summed E-state index contributed by atoms with van der Waals surface area (Å²) in [6.45, 7) is 3.84. The quantitative estimate of drug-likeness (QED) is 0.712. The normalized spacial score (nSPS) is 10.5. The highest BCUT2D eigenvalue weighted by Gasteiger charge is 2.15. The lowest BCUT2D eigenvalue weighted by atomic mass is 10.1. The van der Waals surface area contributed by atoms with Crippen LogP contribution in [0.2, 0.25) is 0 Å². The Bertz CT molecular complexity index is 652. The van der Waals surface area contributed by atoms with Crippen molar-refractivity contribution in [3.05, 3.63) is 42.5 Å². The van der Waals surface area contributed by atoms with E-state index in [9.17, 15) is 4.79 Å². The number of carbonyl (C=O) groups excluding carboxylic acids is 1. The van der Waals surface area contributed by atoms with Crippen molar-refractivity contribution in [1.82, 2.24) is 0 Å². The van der Waals surface area contributed by atoms with Crippen LogP contribution in [0.3, 0.4) is 0 Å². The molecule has 0 radical (unpaired) electrons. The van der Waals surface area contributed by atoms with Gasteiger partial charge in [-0.25, -0.2) is 0 Å². The molecule has 0 saturated carbocycles. The van der Waals surface area contributed by atoms with Gasteiger partial charge in [-0.15, -0.1) is 11.3 Å². The number of nitrogens with two attached hydrogens (primary N) is 1. The van der Waals surface area contributed by atoms with E-state index >= 15 is 0 Å². The van der Waals surface area contributed by atoms with Crippen LogP contribution < -0.4 is 11.1 Å². The lowest BCUT2D eigenvalue weighted by Crippen LogP contribution is -2.12. The van der Waals surface area contributed by atoms with Crippen LogP contribution in [0.15, 0.2) is 25.8 Å². The van der Waals surface area contributed by atoms with Crippen LogP contribution in [-0.2, 0) is 0 Å². The number of amides is 1. The molecule has 0 bridgehead atoms. The van der Waals surface area contributed by atoms with Gasteiger partial charge < -0.3 is 11.1 Å².